The van der Waals surface area contributed by atoms with Crippen LogP contribution < -0.4 is 5.32 Å². The fourth-order valence-electron chi connectivity index (χ4n) is 3.47. The van der Waals surface area contributed by atoms with Crippen LogP contribution in [0.25, 0.3) is 10.2 Å². The Morgan fingerprint density at radius 3 is 2.73 bits per heavy atom. The lowest BCUT2D eigenvalue weighted by Gasteiger charge is -2.31. The Balaban J connectivity index is 1.33. The fourth-order valence-corrected chi connectivity index (χ4v) is 5.34. The van der Waals surface area contributed by atoms with Gasteiger partial charge in [-0.3, -0.25) is 9.59 Å². The van der Waals surface area contributed by atoms with Crippen LogP contribution in [0.1, 0.15) is 23.2 Å². The molecule has 30 heavy (non-hydrogen) atoms. The van der Waals surface area contributed by atoms with Gasteiger partial charge in [-0.2, -0.15) is 0 Å². The maximum Gasteiger partial charge on any atom is 0.253 e. The number of anilines is 1. The molecule has 3 aromatic rings. The van der Waals surface area contributed by atoms with Crippen LogP contribution in [0.2, 0.25) is 0 Å². The van der Waals surface area contributed by atoms with Gasteiger partial charge in [-0.15, -0.1) is 11.3 Å². The summed E-state index contributed by atoms with van der Waals surface area (Å²) in [6.07, 6.45) is 1.64. The van der Waals surface area contributed by atoms with Crippen LogP contribution in [0.5, 0.6) is 0 Å². The third-order valence-corrected chi connectivity index (χ3v) is 7.33. The number of carbonyl (C=O) groups is 2. The van der Waals surface area contributed by atoms with Gasteiger partial charge < -0.3 is 15.3 Å². The van der Waals surface area contributed by atoms with Crippen molar-refractivity contribution in [1.82, 2.24) is 9.88 Å². The lowest BCUT2D eigenvalue weighted by Crippen LogP contribution is -2.39. The topological polar surface area (TPSA) is 82.5 Å². The Morgan fingerprint density at radius 1 is 1.17 bits per heavy atom. The third-order valence-electron chi connectivity index (χ3n) is 5.15. The number of benzene rings is 2. The number of aromatic nitrogens is 1. The first kappa shape index (κ1) is 20.8. The van der Waals surface area contributed by atoms with Crippen LogP contribution in [0.15, 0.2) is 52.9 Å². The van der Waals surface area contributed by atoms with Gasteiger partial charge in [0.15, 0.2) is 4.34 Å². The molecule has 1 aliphatic heterocycles. The summed E-state index contributed by atoms with van der Waals surface area (Å²) in [5, 5.41) is 12.1. The highest BCUT2D eigenvalue weighted by molar-refractivity contribution is 8.01. The summed E-state index contributed by atoms with van der Waals surface area (Å²) in [4.78, 5) is 31.5. The van der Waals surface area contributed by atoms with Gasteiger partial charge in [-0.1, -0.05) is 30.0 Å². The SMILES string of the molecule is O=C(CSc1nc2ccccc2s1)Nc1cccc(C(=O)N2CCC(CO)CC2)c1. The molecule has 0 bridgehead atoms. The number of nitrogens with one attached hydrogen (secondary N) is 1. The number of para-hydroxylation sites is 1. The first-order valence-corrected chi connectivity index (χ1v) is 11.7. The molecule has 1 aliphatic rings. The average Bonchev–Trinajstić information content (AvgIpc) is 3.20. The van der Waals surface area contributed by atoms with E-state index in [1.807, 2.05) is 29.2 Å². The van der Waals surface area contributed by atoms with E-state index in [4.69, 9.17) is 0 Å². The number of nitrogens with zero attached hydrogens (tertiary/aromatic N) is 2. The van der Waals surface area contributed by atoms with Gasteiger partial charge in [0, 0.05) is 30.9 Å². The summed E-state index contributed by atoms with van der Waals surface area (Å²) in [6, 6.07) is 15.0. The zero-order valence-corrected chi connectivity index (χ0v) is 18.0. The number of hydrogen-bond acceptors (Lipinski definition) is 6. The number of thiazole rings is 1. The molecule has 2 heterocycles. The Labute approximate surface area is 183 Å². The molecule has 0 unspecified atom stereocenters. The maximum absolute atomic E-state index is 12.8. The van der Waals surface area contributed by atoms with Gasteiger partial charge in [0.25, 0.3) is 5.91 Å². The number of aliphatic hydroxyl groups excluding tert-OH is 1. The quantitative estimate of drug-likeness (QED) is 0.568. The molecule has 0 spiro atoms. The molecule has 1 saturated heterocycles. The standard InChI is InChI=1S/C22H23N3O3S2/c26-13-15-8-10-25(11-9-15)21(28)16-4-3-5-17(12-16)23-20(27)14-29-22-24-18-6-1-2-7-19(18)30-22/h1-7,12,15,26H,8-11,13-14H2,(H,23,27). The van der Waals surface area contributed by atoms with Crippen molar-refractivity contribution in [3.05, 3.63) is 54.1 Å². The number of hydrogen-bond donors (Lipinski definition) is 2. The largest absolute Gasteiger partial charge is 0.396 e. The highest BCUT2D eigenvalue weighted by Crippen LogP contribution is 2.29. The van der Waals surface area contributed by atoms with Crippen molar-refractivity contribution < 1.29 is 14.7 Å². The molecule has 0 saturated carbocycles. The number of likely N-dealkylation sites (tertiary alicyclic amines) is 1. The number of fused-ring (bicyclic) bond motifs is 1. The normalized spacial score (nSPS) is 14.8. The number of aliphatic hydroxyl groups is 1. The van der Waals surface area contributed by atoms with Gasteiger partial charge in [0.05, 0.1) is 16.0 Å². The molecule has 1 aromatic heterocycles. The Bertz CT molecular complexity index is 1010. The van der Waals surface area contributed by atoms with E-state index < -0.39 is 0 Å². The Morgan fingerprint density at radius 2 is 1.97 bits per heavy atom. The molecular weight excluding hydrogens is 418 g/mol. The van der Waals surface area contributed by atoms with Crippen LogP contribution in [0.3, 0.4) is 0 Å². The maximum atomic E-state index is 12.8. The van der Waals surface area contributed by atoms with Crippen LogP contribution in [0.4, 0.5) is 5.69 Å². The second kappa shape index (κ2) is 9.59. The Hall–Kier alpha value is -2.42. The van der Waals surface area contributed by atoms with Crippen molar-refractivity contribution in [3.8, 4) is 0 Å². The van der Waals surface area contributed by atoms with E-state index in [1.165, 1.54) is 11.8 Å². The molecule has 156 valence electrons. The van der Waals surface area contributed by atoms with Crippen LogP contribution in [0, 0.1) is 5.92 Å². The van der Waals surface area contributed by atoms with Gasteiger partial charge in [0.1, 0.15) is 0 Å². The second-order valence-electron chi connectivity index (χ2n) is 7.28. The predicted octanol–water partition coefficient (Wildman–Crippen LogP) is 3.87. The average molecular weight is 442 g/mol. The molecule has 0 atom stereocenters. The molecule has 4 rings (SSSR count). The van der Waals surface area contributed by atoms with E-state index >= 15 is 0 Å². The first-order chi connectivity index (χ1) is 14.6. The monoisotopic (exact) mass is 441 g/mol. The van der Waals surface area contributed by atoms with Crippen molar-refractivity contribution in [3.63, 3.8) is 0 Å². The second-order valence-corrected chi connectivity index (χ2v) is 9.54. The first-order valence-electron chi connectivity index (χ1n) is 9.91. The number of amides is 2. The number of thioether (sulfide) groups is 1. The molecule has 0 radical (unpaired) electrons. The summed E-state index contributed by atoms with van der Waals surface area (Å²) in [5.41, 5.74) is 2.12. The summed E-state index contributed by atoms with van der Waals surface area (Å²) in [6.45, 7) is 1.48. The molecular formula is C22H23N3O3S2. The van der Waals surface area contributed by atoms with Crippen molar-refractivity contribution in [1.29, 1.82) is 0 Å². The molecule has 8 heteroatoms. The fraction of sp³-hybridized carbons (Fsp3) is 0.318. The highest BCUT2D eigenvalue weighted by Gasteiger charge is 2.23. The van der Waals surface area contributed by atoms with Crippen LogP contribution in [-0.4, -0.2) is 52.3 Å². The van der Waals surface area contributed by atoms with Gasteiger partial charge in [-0.05, 0) is 49.1 Å². The lowest BCUT2D eigenvalue weighted by atomic mass is 9.97. The van der Waals surface area contributed by atoms with Gasteiger partial charge in [0.2, 0.25) is 5.91 Å². The van der Waals surface area contributed by atoms with E-state index in [2.05, 4.69) is 10.3 Å². The zero-order chi connectivity index (χ0) is 20.9. The summed E-state index contributed by atoms with van der Waals surface area (Å²) >= 11 is 2.98. The molecule has 2 aromatic carbocycles. The van der Waals surface area contributed by atoms with Crippen LogP contribution >= 0.6 is 23.1 Å². The van der Waals surface area contributed by atoms with E-state index in [1.54, 1.807) is 35.6 Å². The highest BCUT2D eigenvalue weighted by atomic mass is 32.2. The minimum Gasteiger partial charge on any atom is -0.396 e. The molecule has 6 nitrogen and oxygen atoms in total. The van der Waals surface area contributed by atoms with Gasteiger partial charge in [-0.25, -0.2) is 4.98 Å². The summed E-state index contributed by atoms with van der Waals surface area (Å²) in [5.74, 6) is 0.374. The number of carbonyl (C=O) groups excluding carboxylic acids is 2. The Kier molecular flexibility index (Phi) is 6.66. The molecule has 1 fully saturated rings. The van der Waals surface area contributed by atoms with E-state index in [0.29, 0.717) is 24.3 Å². The molecule has 2 N–H and O–H groups in total. The zero-order valence-electron chi connectivity index (χ0n) is 16.4. The number of rotatable bonds is 6. The predicted molar refractivity (Wildman–Crippen MR) is 121 cm³/mol. The summed E-state index contributed by atoms with van der Waals surface area (Å²) in [7, 11) is 0. The van der Waals surface area contributed by atoms with Crippen molar-refractivity contribution >= 4 is 50.8 Å². The summed E-state index contributed by atoms with van der Waals surface area (Å²) < 4.78 is 1.97. The van der Waals surface area contributed by atoms with E-state index in [9.17, 15) is 14.7 Å². The van der Waals surface area contributed by atoms with Crippen molar-refractivity contribution in [2.45, 2.75) is 17.2 Å². The smallest absolute Gasteiger partial charge is 0.253 e. The molecule has 0 aliphatic carbocycles. The van der Waals surface area contributed by atoms with Crippen molar-refractivity contribution in [2.75, 3.05) is 30.8 Å². The van der Waals surface area contributed by atoms with Gasteiger partial charge >= 0.3 is 0 Å². The lowest BCUT2D eigenvalue weighted by molar-refractivity contribution is -0.113. The molecule has 2 amide bonds. The van der Waals surface area contributed by atoms with E-state index in [0.717, 1.165) is 27.4 Å². The number of piperidine rings is 1. The van der Waals surface area contributed by atoms with Crippen molar-refractivity contribution in [2.24, 2.45) is 5.92 Å². The minimum atomic E-state index is -0.132. The minimum absolute atomic E-state index is 0.0358. The van der Waals surface area contributed by atoms with Crippen LogP contribution in [-0.2, 0) is 4.79 Å². The third kappa shape index (κ3) is 5.00. The van der Waals surface area contributed by atoms with E-state index in [-0.39, 0.29) is 30.1 Å².